The van der Waals surface area contributed by atoms with Crippen molar-refractivity contribution in [1.82, 2.24) is 5.32 Å². The molecular weight excluding hydrogens is 242 g/mol. The lowest BCUT2D eigenvalue weighted by molar-refractivity contribution is 0.302. The molecule has 1 atom stereocenters. The van der Waals surface area contributed by atoms with Gasteiger partial charge in [-0.15, -0.1) is 0 Å². The van der Waals surface area contributed by atoms with Gasteiger partial charge in [0.25, 0.3) is 0 Å². The van der Waals surface area contributed by atoms with Crippen LogP contribution in [0, 0.1) is 0 Å². The van der Waals surface area contributed by atoms with Crippen LogP contribution in [-0.4, -0.2) is 24.7 Å². The Kier molecular flexibility index (Phi) is 5.39. The summed E-state index contributed by atoms with van der Waals surface area (Å²) in [4.78, 5) is 0. The van der Waals surface area contributed by atoms with Crippen molar-refractivity contribution >= 4 is 11.8 Å². The van der Waals surface area contributed by atoms with Crippen LogP contribution in [0.25, 0.3) is 0 Å². The van der Waals surface area contributed by atoms with E-state index in [2.05, 4.69) is 42.8 Å². The molecule has 100 valence electrons. The minimum Gasteiger partial charge on any atom is -0.490 e. The summed E-state index contributed by atoms with van der Waals surface area (Å²) in [6.07, 6.45) is 6.24. The number of hydrogen-bond donors (Lipinski definition) is 1. The van der Waals surface area contributed by atoms with Crippen molar-refractivity contribution in [1.29, 1.82) is 0 Å². The summed E-state index contributed by atoms with van der Waals surface area (Å²) < 4.78 is 5.87. The van der Waals surface area contributed by atoms with E-state index in [1.807, 2.05) is 11.8 Å². The zero-order valence-electron chi connectivity index (χ0n) is 11.3. The fraction of sp³-hybridized carbons (Fsp3) is 0.600. The van der Waals surface area contributed by atoms with Gasteiger partial charge in [0.1, 0.15) is 5.75 Å². The standard InChI is InChI=1S/C15H23NOS/c1-3-16-15(9-10-18-2)12-5-4-6-14(11-12)17-13-7-8-13/h4-6,11,13,15-16H,3,7-10H2,1-2H3. The molecule has 0 heterocycles. The Bertz CT molecular complexity index is 365. The van der Waals surface area contributed by atoms with E-state index in [0.29, 0.717) is 12.1 Å². The zero-order valence-corrected chi connectivity index (χ0v) is 12.1. The molecule has 1 aliphatic carbocycles. The lowest BCUT2D eigenvalue weighted by Crippen LogP contribution is -2.21. The van der Waals surface area contributed by atoms with Gasteiger partial charge in [0.2, 0.25) is 0 Å². The van der Waals surface area contributed by atoms with Gasteiger partial charge in [0.15, 0.2) is 0 Å². The largest absolute Gasteiger partial charge is 0.490 e. The second-order valence-corrected chi connectivity index (χ2v) is 5.77. The third kappa shape index (κ3) is 4.21. The van der Waals surface area contributed by atoms with Gasteiger partial charge in [-0.2, -0.15) is 11.8 Å². The molecule has 2 nitrogen and oxygen atoms in total. The van der Waals surface area contributed by atoms with E-state index in [4.69, 9.17) is 4.74 Å². The summed E-state index contributed by atoms with van der Waals surface area (Å²) in [5.74, 6) is 2.22. The Labute approximate surface area is 114 Å². The predicted octanol–water partition coefficient (Wildman–Crippen LogP) is 3.63. The normalized spacial score (nSPS) is 16.6. The first-order valence-electron chi connectivity index (χ1n) is 6.82. The van der Waals surface area contributed by atoms with Crippen LogP contribution in [0.3, 0.4) is 0 Å². The molecule has 1 fully saturated rings. The molecule has 18 heavy (non-hydrogen) atoms. The molecule has 1 N–H and O–H groups in total. The molecule has 0 aliphatic heterocycles. The molecule has 0 amide bonds. The highest BCUT2D eigenvalue weighted by Gasteiger charge is 2.23. The monoisotopic (exact) mass is 265 g/mol. The topological polar surface area (TPSA) is 21.3 Å². The van der Waals surface area contributed by atoms with Crippen LogP contribution >= 0.6 is 11.8 Å². The van der Waals surface area contributed by atoms with E-state index in [9.17, 15) is 0 Å². The first kappa shape index (κ1) is 13.8. The van der Waals surface area contributed by atoms with Gasteiger partial charge in [0.05, 0.1) is 6.10 Å². The summed E-state index contributed by atoms with van der Waals surface area (Å²) >= 11 is 1.90. The van der Waals surface area contributed by atoms with Gasteiger partial charge >= 0.3 is 0 Å². The fourth-order valence-electron chi connectivity index (χ4n) is 2.05. The van der Waals surface area contributed by atoms with Crippen molar-refractivity contribution in [2.24, 2.45) is 0 Å². The molecule has 0 spiro atoms. The molecule has 1 aromatic rings. The highest BCUT2D eigenvalue weighted by atomic mass is 32.2. The van der Waals surface area contributed by atoms with Gasteiger partial charge in [0, 0.05) is 6.04 Å². The lowest BCUT2D eigenvalue weighted by Gasteiger charge is -2.18. The molecule has 0 aromatic heterocycles. The fourth-order valence-corrected chi connectivity index (χ4v) is 2.52. The van der Waals surface area contributed by atoms with E-state index in [1.54, 1.807) is 0 Å². The minimum absolute atomic E-state index is 0.449. The molecule has 1 aromatic carbocycles. The second kappa shape index (κ2) is 7.05. The van der Waals surface area contributed by atoms with Crippen molar-refractivity contribution in [3.8, 4) is 5.75 Å². The molecule has 1 unspecified atom stereocenters. The van der Waals surface area contributed by atoms with E-state index < -0.39 is 0 Å². The Morgan fingerprint density at radius 1 is 1.44 bits per heavy atom. The molecule has 1 aliphatic rings. The number of hydrogen-bond acceptors (Lipinski definition) is 3. The number of thioether (sulfide) groups is 1. The van der Waals surface area contributed by atoms with Gasteiger partial charge in [-0.05, 0) is 55.5 Å². The average Bonchev–Trinajstić information content (AvgIpc) is 3.19. The number of nitrogens with one attached hydrogen (secondary N) is 1. The maximum atomic E-state index is 5.87. The van der Waals surface area contributed by atoms with E-state index in [1.165, 1.54) is 30.6 Å². The predicted molar refractivity (Wildman–Crippen MR) is 79.5 cm³/mol. The molecule has 0 bridgehead atoms. The first-order chi connectivity index (χ1) is 8.83. The molecule has 0 radical (unpaired) electrons. The Hall–Kier alpha value is -0.670. The number of ether oxygens (including phenoxy) is 1. The first-order valence-corrected chi connectivity index (χ1v) is 8.21. The average molecular weight is 265 g/mol. The molecule has 1 saturated carbocycles. The van der Waals surface area contributed by atoms with Crippen LogP contribution in [0.1, 0.15) is 37.8 Å². The smallest absolute Gasteiger partial charge is 0.120 e. The summed E-state index contributed by atoms with van der Waals surface area (Å²) in [6, 6.07) is 9.03. The Morgan fingerprint density at radius 2 is 2.28 bits per heavy atom. The maximum absolute atomic E-state index is 5.87. The highest BCUT2D eigenvalue weighted by molar-refractivity contribution is 7.98. The summed E-state index contributed by atoms with van der Waals surface area (Å²) in [5.41, 5.74) is 1.35. The van der Waals surface area contributed by atoms with E-state index in [-0.39, 0.29) is 0 Å². The van der Waals surface area contributed by atoms with Crippen molar-refractivity contribution in [2.45, 2.75) is 38.3 Å². The van der Waals surface area contributed by atoms with Crippen LogP contribution < -0.4 is 10.1 Å². The van der Waals surface area contributed by atoms with Crippen molar-refractivity contribution in [3.63, 3.8) is 0 Å². The second-order valence-electron chi connectivity index (χ2n) is 4.78. The summed E-state index contributed by atoms with van der Waals surface area (Å²) in [7, 11) is 0. The van der Waals surface area contributed by atoms with Gasteiger partial charge in [-0.25, -0.2) is 0 Å². The van der Waals surface area contributed by atoms with E-state index >= 15 is 0 Å². The summed E-state index contributed by atoms with van der Waals surface area (Å²) in [5, 5.41) is 3.56. The van der Waals surface area contributed by atoms with Crippen LogP contribution in [0.5, 0.6) is 5.75 Å². The van der Waals surface area contributed by atoms with Gasteiger partial charge in [-0.3, -0.25) is 0 Å². The molecule has 2 rings (SSSR count). The highest BCUT2D eigenvalue weighted by Crippen LogP contribution is 2.29. The summed E-state index contributed by atoms with van der Waals surface area (Å²) in [6.45, 7) is 3.17. The van der Waals surface area contributed by atoms with Crippen LogP contribution in [0.2, 0.25) is 0 Å². The molecular formula is C15H23NOS. The zero-order chi connectivity index (χ0) is 12.8. The van der Waals surface area contributed by atoms with E-state index in [0.717, 1.165) is 12.3 Å². The third-order valence-electron chi connectivity index (χ3n) is 3.15. The molecule has 3 heteroatoms. The maximum Gasteiger partial charge on any atom is 0.120 e. The van der Waals surface area contributed by atoms with Crippen molar-refractivity contribution < 1.29 is 4.74 Å². The minimum atomic E-state index is 0.449. The lowest BCUT2D eigenvalue weighted by atomic mass is 10.0. The number of benzene rings is 1. The van der Waals surface area contributed by atoms with Crippen LogP contribution in [0.4, 0.5) is 0 Å². The van der Waals surface area contributed by atoms with Crippen molar-refractivity contribution in [3.05, 3.63) is 29.8 Å². The quantitative estimate of drug-likeness (QED) is 0.775. The third-order valence-corrected chi connectivity index (χ3v) is 3.79. The molecule has 0 saturated heterocycles. The van der Waals surface area contributed by atoms with Gasteiger partial charge < -0.3 is 10.1 Å². The van der Waals surface area contributed by atoms with Crippen LogP contribution in [0.15, 0.2) is 24.3 Å². The van der Waals surface area contributed by atoms with Gasteiger partial charge in [-0.1, -0.05) is 19.1 Å². The Balaban J connectivity index is 2.02. The Morgan fingerprint density at radius 3 is 2.94 bits per heavy atom. The SMILES string of the molecule is CCNC(CCSC)c1cccc(OC2CC2)c1. The van der Waals surface area contributed by atoms with Crippen molar-refractivity contribution in [2.75, 3.05) is 18.6 Å². The number of rotatable bonds is 8. The van der Waals surface area contributed by atoms with Crippen LogP contribution in [-0.2, 0) is 0 Å².